The van der Waals surface area contributed by atoms with E-state index in [0.717, 1.165) is 17.8 Å². The smallest absolute Gasteiger partial charge is 0.306 e. The largest absolute Gasteiger partial charge is 0.408 e. The Labute approximate surface area is 167 Å². The maximum absolute atomic E-state index is 13.1. The fraction of sp³-hybridized carbons (Fsp3) is 0.158. The molecule has 4 rings (SSSR count). The van der Waals surface area contributed by atoms with E-state index in [1.807, 2.05) is 0 Å². The zero-order chi connectivity index (χ0) is 21.3. The van der Waals surface area contributed by atoms with Gasteiger partial charge in [0.15, 0.2) is 5.82 Å². The van der Waals surface area contributed by atoms with E-state index in [1.165, 1.54) is 24.5 Å². The van der Waals surface area contributed by atoms with Crippen molar-refractivity contribution in [2.24, 2.45) is 0 Å². The van der Waals surface area contributed by atoms with Gasteiger partial charge in [0.25, 0.3) is 5.91 Å². The summed E-state index contributed by atoms with van der Waals surface area (Å²) in [6.45, 7) is 1.00. The van der Waals surface area contributed by atoms with Gasteiger partial charge in [0.2, 0.25) is 0 Å². The van der Waals surface area contributed by atoms with Crippen molar-refractivity contribution in [2.45, 2.75) is 19.1 Å². The number of carbonyl (C=O) groups is 1. The van der Waals surface area contributed by atoms with Crippen molar-refractivity contribution in [3.63, 3.8) is 0 Å². The third-order valence-corrected chi connectivity index (χ3v) is 4.43. The molecule has 0 aliphatic carbocycles. The summed E-state index contributed by atoms with van der Waals surface area (Å²) in [6, 6.07) is 7.73. The number of nitrogens with zero attached hydrogens (tertiary/aromatic N) is 6. The molecule has 0 bridgehead atoms. The van der Waals surface area contributed by atoms with Gasteiger partial charge in [-0.05, 0) is 31.2 Å². The summed E-state index contributed by atoms with van der Waals surface area (Å²) in [4.78, 5) is 25.3. The molecule has 30 heavy (non-hydrogen) atoms. The van der Waals surface area contributed by atoms with E-state index < -0.39 is 18.1 Å². The standard InChI is InChI=1S/C19H14F3N7O/c1-11(19(20,21)22)29-10-25-28-17(29)14-6-3-7-15(26-14)27-18(30)12-4-2-5-13-16(12)24-9-8-23-13/h2-11H,1H3,(H,26,27,30)/t11-/m0/s1. The lowest BCUT2D eigenvalue weighted by Gasteiger charge is -2.18. The van der Waals surface area contributed by atoms with Crippen molar-refractivity contribution in [1.29, 1.82) is 0 Å². The number of amides is 1. The highest BCUT2D eigenvalue weighted by atomic mass is 19.4. The second kappa shape index (κ2) is 7.50. The third kappa shape index (κ3) is 3.69. The molecule has 0 fully saturated rings. The number of carbonyl (C=O) groups excluding carboxylic acids is 1. The molecule has 0 saturated heterocycles. The predicted molar refractivity (Wildman–Crippen MR) is 102 cm³/mol. The first-order valence-corrected chi connectivity index (χ1v) is 8.79. The first-order valence-electron chi connectivity index (χ1n) is 8.79. The highest BCUT2D eigenvalue weighted by Crippen LogP contribution is 2.32. The highest BCUT2D eigenvalue weighted by Gasteiger charge is 2.38. The van der Waals surface area contributed by atoms with Gasteiger partial charge in [0, 0.05) is 12.4 Å². The number of fused-ring (bicyclic) bond motifs is 1. The Bertz CT molecular complexity index is 1220. The summed E-state index contributed by atoms with van der Waals surface area (Å²) in [5.74, 6) is -0.393. The third-order valence-electron chi connectivity index (χ3n) is 4.43. The Morgan fingerprint density at radius 2 is 1.87 bits per heavy atom. The van der Waals surface area contributed by atoms with Crippen LogP contribution in [0.15, 0.2) is 55.1 Å². The molecule has 4 aromatic rings. The number of halogens is 3. The van der Waals surface area contributed by atoms with Crippen LogP contribution in [0.1, 0.15) is 23.3 Å². The minimum Gasteiger partial charge on any atom is -0.306 e. The number of pyridine rings is 1. The SMILES string of the molecule is C[C@H](n1cnnc1-c1cccc(NC(=O)c2cccc3nccnc23)n1)C(F)(F)F. The number of para-hydroxylation sites is 1. The van der Waals surface area contributed by atoms with Crippen LogP contribution >= 0.6 is 0 Å². The molecule has 3 aromatic heterocycles. The van der Waals surface area contributed by atoms with Crippen molar-refractivity contribution >= 4 is 22.8 Å². The summed E-state index contributed by atoms with van der Waals surface area (Å²) in [6.07, 6.45) is -0.479. The Kier molecular flexibility index (Phi) is 4.86. The molecular formula is C19H14F3N7O. The maximum Gasteiger partial charge on any atom is 0.408 e. The molecule has 1 amide bonds. The van der Waals surface area contributed by atoms with E-state index in [4.69, 9.17) is 0 Å². The van der Waals surface area contributed by atoms with Gasteiger partial charge in [-0.15, -0.1) is 10.2 Å². The second-order valence-electron chi connectivity index (χ2n) is 6.37. The fourth-order valence-corrected chi connectivity index (χ4v) is 2.86. The van der Waals surface area contributed by atoms with Gasteiger partial charge in [-0.2, -0.15) is 13.2 Å². The fourth-order valence-electron chi connectivity index (χ4n) is 2.86. The monoisotopic (exact) mass is 413 g/mol. The summed E-state index contributed by atoms with van der Waals surface area (Å²) in [5.41, 5.74) is 1.41. The van der Waals surface area contributed by atoms with E-state index in [2.05, 4.69) is 30.5 Å². The lowest BCUT2D eigenvalue weighted by molar-refractivity contribution is -0.162. The molecule has 152 valence electrons. The van der Waals surface area contributed by atoms with Crippen LogP contribution in [-0.4, -0.2) is 41.8 Å². The molecule has 0 spiro atoms. The number of aromatic nitrogens is 6. The van der Waals surface area contributed by atoms with Gasteiger partial charge >= 0.3 is 6.18 Å². The molecule has 0 saturated carbocycles. The van der Waals surface area contributed by atoms with Crippen LogP contribution in [-0.2, 0) is 0 Å². The number of anilines is 1. The molecule has 1 aromatic carbocycles. The first-order chi connectivity index (χ1) is 14.3. The van der Waals surface area contributed by atoms with E-state index in [0.29, 0.717) is 16.6 Å². The van der Waals surface area contributed by atoms with E-state index in [9.17, 15) is 18.0 Å². The van der Waals surface area contributed by atoms with Crippen molar-refractivity contribution in [1.82, 2.24) is 29.7 Å². The van der Waals surface area contributed by atoms with Crippen LogP contribution in [0.3, 0.4) is 0 Å². The molecule has 3 heterocycles. The Morgan fingerprint density at radius 3 is 2.67 bits per heavy atom. The first kappa shape index (κ1) is 19.4. The molecule has 1 N–H and O–H groups in total. The van der Waals surface area contributed by atoms with Crippen LogP contribution < -0.4 is 5.32 Å². The second-order valence-corrected chi connectivity index (χ2v) is 6.37. The molecule has 0 aliphatic rings. The highest BCUT2D eigenvalue weighted by molar-refractivity contribution is 6.11. The predicted octanol–water partition coefficient (Wildman–Crippen LogP) is 3.66. The topological polar surface area (TPSA) is 98.5 Å². The number of hydrogen-bond donors (Lipinski definition) is 1. The number of benzene rings is 1. The molecule has 8 nitrogen and oxygen atoms in total. The van der Waals surface area contributed by atoms with Crippen molar-refractivity contribution < 1.29 is 18.0 Å². The van der Waals surface area contributed by atoms with Crippen LogP contribution in [0.4, 0.5) is 19.0 Å². The molecule has 0 unspecified atom stereocenters. The molecule has 0 radical (unpaired) electrons. The van der Waals surface area contributed by atoms with E-state index in [1.54, 1.807) is 24.3 Å². The van der Waals surface area contributed by atoms with Crippen LogP contribution in [0.25, 0.3) is 22.6 Å². The summed E-state index contributed by atoms with van der Waals surface area (Å²) in [7, 11) is 0. The summed E-state index contributed by atoms with van der Waals surface area (Å²) in [5, 5.41) is 9.97. The van der Waals surface area contributed by atoms with Gasteiger partial charge in [0.1, 0.15) is 29.4 Å². The zero-order valence-corrected chi connectivity index (χ0v) is 15.5. The van der Waals surface area contributed by atoms with Gasteiger partial charge in [-0.25, -0.2) is 4.98 Å². The molecule has 1 atom stereocenters. The summed E-state index contributed by atoms with van der Waals surface area (Å²) < 4.78 is 40.2. The number of rotatable bonds is 4. The van der Waals surface area contributed by atoms with Gasteiger partial charge in [-0.3, -0.25) is 14.8 Å². The van der Waals surface area contributed by atoms with Crippen LogP contribution in [0, 0.1) is 0 Å². The lowest BCUT2D eigenvalue weighted by Crippen LogP contribution is -2.24. The molecular weight excluding hydrogens is 399 g/mol. The Morgan fingerprint density at radius 1 is 1.10 bits per heavy atom. The van der Waals surface area contributed by atoms with Gasteiger partial charge < -0.3 is 9.88 Å². The Balaban J connectivity index is 1.64. The number of hydrogen-bond acceptors (Lipinski definition) is 6. The van der Waals surface area contributed by atoms with Crippen LogP contribution in [0.5, 0.6) is 0 Å². The van der Waals surface area contributed by atoms with Crippen molar-refractivity contribution in [2.75, 3.05) is 5.32 Å². The number of nitrogens with one attached hydrogen (secondary N) is 1. The van der Waals surface area contributed by atoms with Crippen molar-refractivity contribution in [3.05, 3.63) is 60.7 Å². The molecule has 0 aliphatic heterocycles. The Hall–Kier alpha value is -3.89. The van der Waals surface area contributed by atoms with Gasteiger partial charge in [-0.1, -0.05) is 12.1 Å². The average molecular weight is 413 g/mol. The number of alkyl halides is 3. The quantitative estimate of drug-likeness (QED) is 0.548. The minimum atomic E-state index is -4.47. The maximum atomic E-state index is 13.1. The van der Waals surface area contributed by atoms with E-state index in [-0.39, 0.29) is 17.3 Å². The van der Waals surface area contributed by atoms with Crippen LogP contribution in [0.2, 0.25) is 0 Å². The lowest BCUT2D eigenvalue weighted by atomic mass is 10.1. The zero-order valence-electron chi connectivity index (χ0n) is 15.5. The summed E-state index contributed by atoms with van der Waals surface area (Å²) >= 11 is 0. The minimum absolute atomic E-state index is 0.0630. The van der Waals surface area contributed by atoms with Gasteiger partial charge in [0.05, 0.1) is 11.1 Å². The normalized spacial score (nSPS) is 12.7. The van der Waals surface area contributed by atoms with E-state index >= 15 is 0 Å². The van der Waals surface area contributed by atoms with Crippen molar-refractivity contribution in [3.8, 4) is 11.5 Å². The average Bonchev–Trinajstić information content (AvgIpc) is 3.22. The molecule has 11 heteroatoms.